The summed E-state index contributed by atoms with van der Waals surface area (Å²) in [5, 5.41) is 30.0. The van der Waals surface area contributed by atoms with Gasteiger partial charge in [0.05, 0.1) is 11.7 Å². The molecule has 0 aromatic carbocycles. The molecule has 2 aliphatic rings. The van der Waals surface area contributed by atoms with Gasteiger partial charge in [-0.05, 0) is 64.5 Å². The number of fused-ring (bicyclic) bond motifs is 1. The monoisotopic (exact) mass is 323 g/mol. The molecule has 2 aliphatic heterocycles. The predicted octanol–water partition coefficient (Wildman–Crippen LogP) is 2.25. The maximum Gasteiger partial charge on any atom is 0.100 e. The van der Waals surface area contributed by atoms with Crippen LogP contribution in [0, 0.1) is 5.92 Å². The molecule has 2 fully saturated rings. The van der Waals surface area contributed by atoms with E-state index in [9.17, 15) is 15.3 Å². The van der Waals surface area contributed by atoms with Gasteiger partial charge in [0.1, 0.15) is 6.10 Å². The molecule has 3 N–H and O–H groups in total. The average molecular weight is 323 g/mol. The highest BCUT2D eigenvalue weighted by Gasteiger charge is 2.43. The van der Waals surface area contributed by atoms with Crippen molar-refractivity contribution >= 4 is 0 Å². The Morgan fingerprint density at radius 3 is 2.74 bits per heavy atom. The second kappa shape index (κ2) is 7.47. The molecule has 0 radical (unpaired) electrons. The fourth-order valence-corrected chi connectivity index (χ4v) is 4.07. The van der Waals surface area contributed by atoms with Crippen LogP contribution in [0.1, 0.15) is 53.4 Å². The van der Waals surface area contributed by atoms with Crippen LogP contribution in [0.5, 0.6) is 0 Å². The molecule has 132 valence electrons. The molecule has 4 heteroatoms. The molecule has 0 aromatic heterocycles. The highest BCUT2D eigenvalue weighted by Crippen LogP contribution is 2.37. The number of aliphatic hydroxyl groups excluding tert-OH is 2. The molecule has 0 aliphatic carbocycles. The molecule has 2 saturated heterocycles. The number of nitrogens with zero attached hydrogens (tertiary/aromatic N) is 1. The van der Waals surface area contributed by atoms with Crippen LogP contribution in [-0.4, -0.2) is 57.2 Å². The van der Waals surface area contributed by atoms with E-state index in [2.05, 4.69) is 17.9 Å². The molecule has 0 bridgehead atoms. The third-order valence-electron chi connectivity index (χ3n) is 5.33. The minimum Gasteiger partial charge on any atom is -0.390 e. The van der Waals surface area contributed by atoms with Crippen LogP contribution in [0.15, 0.2) is 23.3 Å². The lowest BCUT2D eigenvalue weighted by Gasteiger charge is -2.43. The summed E-state index contributed by atoms with van der Waals surface area (Å²) in [6.45, 7) is 9.66. The maximum atomic E-state index is 10.7. The Morgan fingerprint density at radius 2 is 2.09 bits per heavy atom. The molecule has 0 spiro atoms. The molecule has 1 unspecified atom stereocenters. The Balaban J connectivity index is 1.97. The number of hydrogen-bond acceptors (Lipinski definition) is 4. The molecule has 2 rings (SSSR count). The van der Waals surface area contributed by atoms with Gasteiger partial charge in [-0.2, -0.15) is 0 Å². The summed E-state index contributed by atoms with van der Waals surface area (Å²) in [6.07, 6.45) is 6.66. The van der Waals surface area contributed by atoms with Crippen molar-refractivity contribution in [2.24, 2.45) is 5.92 Å². The second-order valence-corrected chi connectivity index (χ2v) is 7.83. The average Bonchev–Trinajstić information content (AvgIpc) is 2.92. The van der Waals surface area contributed by atoms with Crippen molar-refractivity contribution in [2.45, 2.75) is 77.2 Å². The summed E-state index contributed by atoms with van der Waals surface area (Å²) < 4.78 is 0. The second-order valence-electron chi connectivity index (χ2n) is 7.83. The predicted molar refractivity (Wildman–Crippen MR) is 93.1 cm³/mol. The summed E-state index contributed by atoms with van der Waals surface area (Å²) >= 11 is 0. The summed E-state index contributed by atoms with van der Waals surface area (Å²) in [5.41, 5.74) is 1.53. The van der Waals surface area contributed by atoms with E-state index in [-0.39, 0.29) is 0 Å². The Bertz CT molecular complexity index is 467. The zero-order valence-electron chi connectivity index (χ0n) is 15.0. The summed E-state index contributed by atoms with van der Waals surface area (Å²) in [5.74, 6) is 0.358. The normalized spacial score (nSPS) is 35.2. The SMILES string of the molecule is C/C(=C\C[C@@H](C)/C=C1\CN2CCCC2[C@@](C)(O)C1)[C@@H](O)[C@@H](C)O. The fraction of sp³-hybridized carbons (Fsp3) is 0.789. The third-order valence-corrected chi connectivity index (χ3v) is 5.33. The van der Waals surface area contributed by atoms with Gasteiger partial charge in [0, 0.05) is 12.6 Å². The Labute approximate surface area is 140 Å². The minimum atomic E-state index is -0.782. The smallest absolute Gasteiger partial charge is 0.100 e. The quantitative estimate of drug-likeness (QED) is 0.679. The first kappa shape index (κ1) is 18.7. The lowest BCUT2D eigenvalue weighted by Crippen LogP contribution is -2.52. The molecule has 4 nitrogen and oxygen atoms in total. The van der Waals surface area contributed by atoms with Crippen LogP contribution >= 0.6 is 0 Å². The van der Waals surface area contributed by atoms with Gasteiger partial charge in [0.25, 0.3) is 0 Å². The van der Waals surface area contributed by atoms with Gasteiger partial charge in [-0.15, -0.1) is 0 Å². The molecular weight excluding hydrogens is 290 g/mol. The lowest BCUT2D eigenvalue weighted by atomic mass is 9.82. The van der Waals surface area contributed by atoms with Crippen LogP contribution in [0.2, 0.25) is 0 Å². The van der Waals surface area contributed by atoms with E-state index in [1.807, 2.05) is 19.9 Å². The summed E-state index contributed by atoms with van der Waals surface area (Å²) in [4.78, 5) is 2.42. The van der Waals surface area contributed by atoms with Crippen molar-refractivity contribution in [3.8, 4) is 0 Å². The molecule has 0 aromatic rings. The van der Waals surface area contributed by atoms with E-state index in [0.717, 1.165) is 37.9 Å². The number of rotatable bonds is 5. The standard InChI is InChI=1S/C19H33NO3/c1-13(7-8-14(2)18(22)15(3)21)10-16-11-19(4,23)17-6-5-9-20(17)12-16/h8,10,13,15,17-18,21-23H,5-7,9,11-12H2,1-4H3/b14-8+,16-10-/t13-,15-,17?,18-,19+/m1/s1. The van der Waals surface area contributed by atoms with Gasteiger partial charge in [-0.3, -0.25) is 4.90 Å². The van der Waals surface area contributed by atoms with Crippen molar-refractivity contribution in [2.75, 3.05) is 13.1 Å². The molecule has 2 heterocycles. The van der Waals surface area contributed by atoms with Crippen LogP contribution in [-0.2, 0) is 0 Å². The zero-order chi connectivity index (χ0) is 17.2. The van der Waals surface area contributed by atoms with Crippen LogP contribution in [0.4, 0.5) is 0 Å². The largest absolute Gasteiger partial charge is 0.390 e. The topological polar surface area (TPSA) is 63.9 Å². The van der Waals surface area contributed by atoms with Crippen molar-refractivity contribution in [3.05, 3.63) is 23.3 Å². The van der Waals surface area contributed by atoms with E-state index in [1.54, 1.807) is 6.92 Å². The Morgan fingerprint density at radius 1 is 1.39 bits per heavy atom. The van der Waals surface area contributed by atoms with Crippen LogP contribution < -0.4 is 0 Å². The van der Waals surface area contributed by atoms with Crippen molar-refractivity contribution < 1.29 is 15.3 Å². The molecule has 23 heavy (non-hydrogen) atoms. The van der Waals surface area contributed by atoms with Crippen LogP contribution in [0.25, 0.3) is 0 Å². The van der Waals surface area contributed by atoms with Gasteiger partial charge < -0.3 is 15.3 Å². The van der Waals surface area contributed by atoms with E-state index >= 15 is 0 Å². The number of aliphatic hydroxyl groups is 3. The zero-order valence-corrected chi connectivity index (χ0v) is 15.0. The first-order chi connectivity index (χ1) is 10.7. The highest BCUT2D eigenvalue weighted by molar-refractivity contribution is 5.18. The fourth-order valence-electron chi connectivity index (χ4n) is 4.07. The minimum absolute atomic E-state index is 0.318. The maximum absolute atomic E-state index is 10.7. The molecule has 0 saturated carbocycles. The van der Waals surface area contributed by atoms with E-state index in [4.69, 9.17) is 0 Å². The summed E-state index contributed by atoms with van der Waals surface area (Å²) in [7, 11) is 0. The number of piperidine rings is 1. The van der Waals surface area contributed by atoms with Gasteiger partial charge in [0.2, 0.25) is 0 Å². The third kappa shape index (κ3) is 4.66. The van der Waals surface area contributed by atoms with Crippen molar-refractivity contribution in [1.82, 2.24) is 4.90 Å². The molecule has 0 amide bonds. The van der Waals surface area contributed by atoms with E-state index in [1.165, 1.54) is 12.0 Å². The van der Waals surface area contributed by atoms with Gasteiger partial charge >= 0.3 is 0 Å². The Hall–Kier alpha value is -0.680. The van der Waals surface area contributed by atoms with E-state index in [0.29, 0.717) is 12.0 Å². The Kier molecular flexibility index (Phi) is 6.06. The number of allylic oxidation sites excluding steroid dienone is 2. The molecular formula is C19H33NO3. The lowest BCUT2D eigenvalue weighted by molar-refractivity contribution is -0.0330. The summed E-state index contributed by atoms with van der Waals surface area (Å²) in [6, 6.07) is 0.318. The first-order valence-electron chi connectivity index (χ1n) is 8.89. The van der Waals surface area contributed by atoms with Crippen LogP contribution in [0.3, 0.4) is 0 Å². The van der Waals surface area contributed by atoms with Gasteiger partial charge in [0.15, 0.2) is 0 Å². The number of hydrogen-bond donors (Lipinski definition) is 3. The van der Waals surface area contributed by atoms with Gasteiger partial charge in [-0.1, -0.05) is 24.6 Å². The molecule has 5 atom stereocenters. The highest BCUT2D eigenvalue weighted by atomic mass is 16.3. The van der Waals surface area contributed by atoms with Gasteiger partial charge in [-0.25, -0.2) is 0 Å². The van der Waals surface area contributed by atoms with Crippen molar-refractivity contribution in [1.29, 1.82) is 0 Å². The van der Waals surface area contributed by atoms with E-state index < -0.39 is 17.8 Å². The van der Waals surface area contributed by atoms with Crippen molar-refractivity contribution in [3.63, 3.8) is 0 Å². The first-order valence-corrected chi connectivity index (χ1v) is 8.89.